The van der Waals surface area contributed by atoms with E-state index in [1.807, 2.05) is 6.07 Å². The molecule has 2 aromatic rings. The van der Waals surface area contributed by atoms with Crippen molar-refractivity contribution in [2.24, 2.45) is 0 Å². The summed E-state index contributed by atoms with van der Waals surface area (Å²) in [5, 5.41) is 10.0. The average molecular weight is 224 g/mol. The summed E-state index contributed by atoms with van der Waals surface area (Å²) < 4.78 is 0. The minimum atomic E-state index is 0.269. The molecule has 0 aliphatic heterocycles. The quantitative estimate of drug-likeness (QED) is 0.646. The first-order chi connectivity index (χ1) is 6.72. The lowest BCUT2D eigenvalue weighted by molar-refractivity contribution is 1.28. The van der Waals surface area contributed by atoms with Crippen molar-refractivity contribution in [3.8, 4) is 6.07 Å². The highest BCUT2D eigenvalue weighted by Gasteiger charge is 2.08. The number of nitriles is 1. The predicted molar refractivity (Wildman–Crippen MR) is 54.3 cm³/mol. The van der Waals surface area contributed by atoms with Crippen LogP contribution in [0.15, 0.2) is 18.3 Å². The molecule has 0 atom stereocenters. The lowest BCUT2D eigenvalue weighted by atomic mass is 10.2. The zero-order chi connectivity index (χ0) is 10.1. The van der Waals surface area contributed by atoms with Crippen LogP contribution in [0.2, 0.25) is 10.2 Å². The molecule has 0 N–H and O–H groups in total. The van der Waals surface area contributed by atoms with E-state index < -0.39 is 0 Å². The first-order valence-corrected chi connectivity index (χ1v) is 4.49. The van der Waals surface area contributed by atoms with Gasteiger partial charge in [-0.3, -0.25) is 0 Å². The highest BCUT2D eigenvalue weighted by atomic mass is 35.5. The molecule has 0 aliphatic rings. The molecule has 14 heavy (non-hydrogen) atoms. The van der Waals surface area contributed by atoms with Gasteiger partial charge in [-0.25, -0.2) is 9.97 Å². The van der Waals surface area contributed by atoms with Crippen molar-refractivity contribution in [2.75, 3.05) is 0 Å². The molecular weight excluding hydrogens is 221 g/mol. The minimum absolute atomic E-state index is 0.269. The molecule has 2 rings (SSSR count). The molecule has 68 valence electrons. The Kier molecular flexibility index (Phi) is 2.24. The fourth-order valence-electron chi connectivity index (χ4n) is 1.17. The third-order valence-corrected chi connectivity index (χ3v) is 2.24. The minimum Gasteiger partial charge on any atom is -0.236 e. The van der Waals surface area contributed by atoms with E-state index in [1.165, 1.54) is 12.3 Å². The summed E-state index contributed by atoms with van der Waals surface area (Å²) in [5.74, 6) is 0. The van der Waals surface area contributed by atoms with Crippen LogP contribution in [0.3, 0.4) is 0 Å². The highest BCUT2D eigenvalue weighted by Crippen LogP contribution is 2.26. The van der Waals surface area contributed by atoms with Crippen molar-refractivity contribution < 1.29 is 0 Å². The lowest BCUT2D eigenvalue weighted by Crippen LogP contribution is -1.88. The van der Waals surface area contributed by atoms with Crippen molar-refractivity contribution in [3.05, 3.63) is 34.1 Å². The Bertz CT molecular complexity index is 545. The van der Waals surface area contributed by atoms with Crippen LogP contribution in [-0.4, -0.2) is 9.97 Å². The number of fused-ring (bicyclic) bond motifs is 1. The van der Waals surface area contributed by atoms with Crippen LogP contribution in [0.4, 0.5) is 0 Å². The lowest BCUT2D eigenvalue weighted by Gasteiger charge is -2.00. The highest BCUT2D eigenvalue weighted by molar-refractivity contribution is 6.38. The number of hydrogen-bond donors (Lipinski definition) is 0. The molecule has 0 saturated heterocycles. The Balaban J connectivity index is 2.96. The normalized spacial score (nSPS) is 10.1. The number of rotatable bonds is 0. The zero-order valence-corrected chi connectivity index (χ0v) is 8.34. The van der Waals surface area contributed by atoms with E-state index in [0.29, 0.717) is 21.6 Å². The van der Waals surface area contributed by atoms with Gasteiger partial charge in [0, 0.05) is 6.20 Å². The molecule has 0 aromatic carbocycles. The molecule has 2 aromatic heterocycles. The fraction of sp³-hybridized carbons (Fsp3) is 0. The van der Waals surface area contributed by atoms with Crippen LogP contribution in [0.1, 0.15) is 5.56 Å². The topological polar surface area (TPSA) is 49.6 Å². The van der Waals surface area contributed by atoms with E-state index in [9.17, 15) is 0 Å². The maximum atomic E-state index is 8.83. The summed E-state index contributed by atoms with van der Waals surface area (Å²) in [6, 6.07) is 5.10. The number of pyridine rings is 2. The van der Waals surface area contributed by atoms with E-state index >= 15 is 0 Å². The van der Waals surface area contributed by atoms with Crippen LogP contribution in [0.5, 0.6) is 0 Å². The maximum Gasteiger partial charge on any atom is 0.163 e. The summed E-state index contributed by atoms with van der Waals surface area (Å²) in [7, 11) is 0. The number of halogens is 2. The van der Waals surface area contributed by atoms with E-state index in [2.05, 4.69) is 9.97 Å². The summed E-state index contributed by atoms with van der Waals surface area (Å²) in [4.78, 5) is 7.94. The number of aromatic nitrogens is 2. The van der Waals surface area contributed by atoms with Gasteiger partial charge in [0.15, 0.2) is 5.65 Å². The maximum absolute atomic E-state index is 8.83. The van der Waals surface area contributed by atoms with Crippen LogP contribution in [-0.2, 0) is 0 Å². The van der Waals surface area contributed by atoms with Gasteiger partial charge in [0.25, 0.3) is 0 Å². The van der Waals surface area contributed by atoms with Crippen molar-refractivity contribution in [1.82, 2.24) is 9.97 Å². The van der Waals surface area contributed by atoms with Gasteiger partial charge >= 0.3 is 0 Å². The Hall–Kier alpha value is -1.37. The second-order valence-corrected chi connectivity index (χ2v) is 3.39. The number of nitrogens with zero attached hydrogens (tertiary/aromatic N) is 3. The summed E-state index contributed by atoms with van der Waals surface area (Å²) in [5.41, 5.74) is 0.839. The van der Waals surface area contributed by atoms with Gasteiger partial charge in [-0.05, 0) is 12.1 Å². The third-order valence-electron chi connectivity index (χ3n) is 1.75. The van der Waals surface area contributed by atoms with E-state index in [0.717, 1.165) is 0 Å². The molecule has 2 heterocycles. The van der Waals surface area contributed by atoms with Crippen LogP contribution in [0, 0.1) is 11.3 Å². The Morgan fingerprint density at radius 2 is 2.14 bits per heavy atom. The van der Waals surface area contributed by atoms with Crippen LogP contribution in [0.25, 0.3) is 11.0 Å². The van der Waals surface area contributed by atoms with Crippen molar-refractivity contribution in [2.45, 2.75) is 0 Å². The molecule has 3 nitrogen and oxygen atoms in total. The third kappa shape index (κ3) is 1.39. The van der Waals surface area contributed by atoms with Gasteiger partial charge in [0.1, 0.15) is 11.2 Å². The first kappa shape index (κ1) is 9.20. The fourth-order valence-corrected chi connectivity index (χ4v) is 1.71. The monoisotopic (exact) mass is 223 g/mol. The second-order valence-electron chi connectivity index (χ2n) is 2.60. The standard InChI is InChI=1S/C9H3Cl2N3/c10-6-3-7(11)14-9-8(6)5(4-12)1-2-13-9/h1-3H. The molecule has 0 bridgehead atoms. The van der Waals surface area contributed by atoms with Gasteiger partial charge < -0.3 is 0 Å². The van der Waals surface area contributed by atoms with Crippen molar-refractivity contribution in [1.29, 1.82) is 5.26 Å². The first-order valence-electron chi connectivity index (χ1n) is 3.73. The van der Waals surface area contributed by atoms with Crippen LogP contribution >= 0.6 is 23.2 Å². The Labute approximate surface area is 89.9 Å². The molecule has 0 radical (unpaired) electrons. The van der Waals surface area contributed by atoms with Gasteiger partial charge in [-0.15, -0.1) is 0 Å². The van der Waals surface area contributed by atoms with E-state index in [1.54, 1.807) is 6.07 Å². The second kappa shape index (κ2) is 3.41. The summed E-state index contributed by atoms with van der Waals surface area (Å²) in [6.07, 6.45) is 1.50. The zero-order valence-electron chi connectivity index (χ0n) is 6.83. The SMILES string of the molecule is N#Cc1ccnc2nc(Cl)cc(Cl)c12. The Morgan fingerprint density at radius 3 is 2.86 bits per heavy atom. The Morgan fingerprint density at radius 1 is 1.36 bits per heavy atom. The smallest absolute Gasteiger partial charge is 0.163 e. The van der Waals surface area contributed by atoms with E-state index in [4.69, 9.17) is 28.5 Å². The number of hydrogen-bond acceptors (Lipinski definition) is 3. The van der Waals surface area contributed by atoms with E-state index in [-0.39, 0.29) is 5.15 Å². The molecule has 5 heteroatoms. The average Bonchev–Trinajstić information content (AvgIpc) is 2.16. The molecule has 0 saturated carbocycles. The molecule has 0 unspecified atom stereocenters. The molecule has 0 aliphatic carbocycles. The van der Waals surface area contributed by atoms with Gasteiger partial charge in [-0.2, -0.15) is 5.26 Å². The summed E-state index contributed by atoms with van der Waals surface area (Å²) in [6.45, 7) is 0. The van der Waals surface area contributed by atoms with Gasteiger partial charge in [0.2, 0.25) is 0 Å². The van der Waals surface area contributed by atoms with Crippen molar-refractivity contribution in [3.63, 3.8) is 0 Å². The molecular formula is C9H3Cl2N3. The summed E-state index contributed by atoms with van der Waals surface area (Å²) >= 11 is 11.6. The van der Waals surface area contributed by atoms with Crippen LogP contribution < -0.4 is 0 Å². The molecule has 0 spiro atoms. The largest absolute Gasteiger partial charge is 0.236 e. The predicted octanol–water partition coefficient (Wildman–Crippen LogP) is 2.81. The molecule has 0 fully saturated rings. The van der Waals surface area contributed by atoms with Crippen molar-refractivity contribution >= 4 is 34.2 Å². The molecule has 0 amide bonds. The van der Waals surface area contributed by atoms with Gasteiger partial charge in [0.05, 0.1) is 16.0 Å². The van der Waals surface area contributed by atoms with Gasteiger partial charge in [-0.1, -0.05) is 23.2 Å².